The van der Waals surface area contributed by atoms with Crippen LogP contribution in [0.1, 0.15) is 30.6 Å². The molecule has 0 aliphatic heterocycles. The van der Waals surface area contributed by atoms with Crippen LogP contribution in [0.3, 0.4) is 0 Å². The molecular weight excluding hydrogens is 244 g/mol. The molecule has 5 heteroatoms. The quantitative estimate of drug-likeness (QED) is 0.857. The third-order valence-corrected chi connectivity index (χ3v) is 4.42. The molecule has 0 unspecified atom stereocenters. The highest BCUT2D eigenvalue weighted by molar-refractivity contribution is 7.15. The summed E-state index contributed by atoms with van der Waals surface area (Å²) in [5, 5.41) is 0.684. The topological polar surface area (TPSA) is 45.4 Å². The molecule has 102 valence electrons. The smallest absolute Gasteiger partial charge is 0.180 e. The van der Waals surface area contributed by atoms with Crippen molar-refractivity contribution in [2.75, 3.05) is 32.9 Å². The first-order valence-corrected chi connectivity index (χ1v) is 7.56. The van der Waals surface area contributed by atoms with E-state index in [0.717, 1.165) is 25.7 Å². The first kappa shape index (κ1) is 13.8. The van der Waals surface area contributed by atoms with Crippen molar-refractivity contribution in [3.8, 4) is 0 Å². The maximum absolute atomic E-state index is 5.71. The molecule has 1 aromatic rings. The monoisotopic (exact) mass is 268 g/mol. The Balaban J connectivity index is 1.94. The second-order valence-corrected chi connectivity index (χ2v) is 6.52. The Kier molecular flexibility index (Phi) is 4.97. The van der Waals surface area contributed by atoms with Gasteiger partial charge in [0.25, 0.3) is 0 Å². The van der Waals surface area contributed by atoms with E-state index >= 15 is 0 Å². The molecule has 0 amide bonds. The molecule has 0 bridgehead atoms. The molecule has 0 spiro atoms. The highest BCUT2D eigenvalue weighted by atomic mass is 32.1. The predicted molar refractivity (Wildman–Crippen MR) is 77.7 cm³/mol. The summed E-state index contributed by atoms with van der Waals surface area (Å²) in [5.74, 6) is 0. The van der Waals surface area contributed by atoms with Gasteiger partial charge in [0.05, 0.1) is 0 Å². The van der Waals surface area contributed by atoms with Gasteiger partial charge in [0.1, 0.15) is 0 Å². The fourth-order valence-corrected chi connectivity index (χ4v) is 3.29. The number of likely N-dealkylation sites (N-methyl/N-ethyl adjacent to an activating group) is 1. The molecule has 0 aromatic carbocycles. The highest BCUT2D eigenvalue weighted by Gasteiger charge is 2.23. The van der Waals surface area contributed by atoms with E-state index in [-0.39, 0.29) is 0 Å². The molecule has 1 aliphatic rings. The molecule has 0 radical (unpaired) electrons. The van der Waals surface area contributed by atoms with Gasteiger partial charge >= 0.3 is 0 Å². The van der Waals surface area contributed by atoms with Gasteiger partial charge < -0.3 is 10.6 Å². The minimum Gasteiger partial charge on any atom is -0.375 e. The van der Waals surface area contributed by atoms with E-state index in [1.54, 1.807) is 11.3 Å². The Hall–Kier alpha value is -0.650. The lowest BCUT2D eigenvalue weighted by Crippen LogP contribution is -2.37. The molecule has 1 fully saturated rings. The zero-order valence-electron chi connectivity index (χ0n) is 11.4. The summed E-state index contributed by atoms with van der Waals surface area (Å²) >= 11 is 1.62. The standard InChI is InChI=1S/C13H24N4S/c1-16(2)7-8-17(11-5-3-4-6-11)10-12-9-15-13(14)18-12/h9,11H,3-8,10H2,1-2H3,(H2,14,15). The lowest BCUT2D eigenvalue weighted by molar-refractivity contribution is 0.173. The Morgan fingerprint density at radius 1 is 1.33 bits per heavy atom. The Morgan fingerprint density at radius 3 is 2.61 bits per heavy atom. The summed E-state index contributed by atoms with van der Waals surface area (Å²) in [5.41, 5.74) is 5.71. The molecule has 2 rings (SSSR count). The molecule has 4 nitrogen and oxygen atoms in total. The fourth-order valence-electron chi connectivity index (χ4n) is 2.58. The third-order valence-electron chi connectivity index (χ3n) is 3.61. The third kappa shape index (κ3) is 3.93. The Morgan fingerprint density at radius 2 is 2.06 bits per heavy atom. The van der Waals surface area contributed by atoms with Crippen molar-refractivity contribution in [1.29, 1.82) is 0 Å². The van der Waals surface area contributed by atoms with Gasteiger partial charge in [0, 0.05) is 36.8 Å². The molecule has 1 aromatic heterocycles. The van der Waals surface area contributed by atoms with Crippen LogP contribution in [0.4, 0.5) is 5.13 Å². The lowest BCUT2D eigenvalue weighted by Gasteiger charge is -2.29. The molecule has 0 saturated heterocycles. The van der Waals surface area contributed by atoms with Gasteiger partial charge in [-0.25, -0.2) is 4.98 Å². The van der Waals surface area contributed by atoms with Crippen LogP contribution in [0, 0.1) is 0 Å². The zero-order valence-corrected chi connectivity index (χ0v) is 12.2. The number of anilines is 1. The lowest BCUT2D eigenvalue weighted by atomic mass is 10.2. The van der Waals surface area contributed by atoms with Crippen molar-refractivity contribution in [2.24, 2.45) is 0 Å². The molecule has 0 atom stereocenters. The zero-order chi connectivity index (χ0) is 13.0. The normalized spacial score (nSPS) is 17.1. The van der Waals surface area contributed by atoms with Crippen molar-refractivity contribution < 1.29 is 0 Å². The summed E-state index contributed by atoms with van der Waals surface area (Å²) in [6, 6.07) is 0.758. The van der Waals surface area contributed by atoms with Gasteiger partial charge in [0.2, 0.25) is 0 Å². The highest BCUT2D eigenvalue weighted by Crippen LogP contribution is 2.26. The van der Waals surface area contributed by atoms with Crippen molar-refractivity contribution in [2.45, 2.75) is 38.3 Å². The summed E-state index contributed by atoms with van der Waals surface area (Å²) in [4.78, 5) is 10.3. The van der Waals surface area contributed by atoms with Gasteiger partial charge in [-0.3, -0.25) is 4.90 Å². The van der Waals surface area contributed by atoms with Crippen molar-refractivity contribution in [1.82, 2.24) is 14.8 Å². The summed E-state index contributed by atoms with van der Waals surface area (Å²) in [7, 11) is 4.27. The maximum atomic E-state index is 5.71. The maximum Gasteiger partial charge on any atom is 0.180 e. The predicted octanol–water partition coefficient (Wildman–Crippen LogP) is 2.03. The van der Waals surface area contributed by atoms with Gasteiger partial charge in [-0.1, -0.05) is 12.8 Å². The number of nitrogens with zero attached hydrogens (tertiary/aromatic N) is 3. The van der Waals surface area contributed by atoms with Crippen LogP contribution in [0.5, 0.6) is 0 Å². The molecule has 1 saturated carbocycles. The Bertz CT molecular complexity index is 358. The van der Waals surface area contributed by atoms with Crippen LogP contribution in [-0.4, -0.2) is 48.0 Å². The summed E-state index contributed by atoms with van der Waals surface area (Å²) in [6.45, 7) is 3.26. The molecule has 18 heavy (non-hydrogen) atoms. The fraction of sp³-hybridized carbons (Fsp3) is 0.769. The summed E-state index contributed by atoms with van der Waals surface area (Å²) < 4.78 is 0. The minimum atomic E-state index is 0.684. The van der Waals surface area contributed by atoms with Crippen molar-refractivity contribution in [3.63, 3.8) is 0 Å². The van der Waals surface area contributed by atoms with Crippen LogP contribution in [-0.2, 0) is 6.54 Å². The Labute approximate surface area is 114 Å². The van der Waals surface area contributed by atoms with E-state index in [4.69, 9.17) is 5.73 Å². The van der Waals surface area contributed by atoms with Crippen LogP contribution in [0.15, 0.2) is 6.20 Å². The molecule has 1 heterocycles. The number of nitrogen functional groups attached to an aromatic ring is 1. The number of thiazole rings is 1. The first-order chi connectivity index (χ1) is 8.65. The number of hydrogen-bond acceptors (Lipinski definition) is 5. The first-order valence-electron chi connectivity index (χ1n) is 6.74. The SMILES string of the molecule is CN(C)CCN(Cc1cnc(N)s1)C1CCCC1. The van der Waals surface area contributed by atoms with E-state index in [1.165, 1.54) is 30.6 Å². The molecular formula is C13H24N4S. The number of nitrogens with two attached hydrogens (primary N) is 1. The molecule has 2 N–H and O–H groups in total. The molecule has 1 aliphatic carbocycles. The van der Waals surface area contributed by atoms with Crippen molar-refractivity contribution >= 4 is 16.5 Å². The van der Waals surface area contributed by atoms with E-state index in [2.05, 4.69) is 28.9 Å². The van der Waals surface area contributed by atoms with E-state index in [0.29, 0.717) is 5.13 Å². The second-order valence-electron chi connectivity index (χ2n) is 5.38. The van der Waals surface area contributed by atoms with Gasteiger partial charge in [0.15, 0.2) is 5.13 Å². The number of hydrogen-bond donors (Lipinski definition) is 1. The van der Waals surface area contributed by atoms with Gasteiger partial charge in [-0.2, -0.15) is 0 Å². The second kappa shape index (κ2) is 6.50. The van der Waals surface area contributed by atoms with E-state index < -0.39 is 0 Å². The van der Waals surface area contributed by atoms with Crippen LogP contribution < -0.4 is 5.73 Å². The summed E-state index contributed by atoms with van der Waals surface area (Å²) in [6.07, 6.45) is 7.39. The number of aromatic nitrogens is 1. The van der Waals surface area contributed by atoms with Crippen LogP contribution in [0.2, 0.25) is 0 Å². The number of rotatable bonds is 6. The van der Waals surface area contributed by atoms with Gasteiger partial charge in [-0.15, -0.1) is 11.3 Å². The average molecular weight is 268 g/mol. The largest absolute Gasteiger partial charge is 0.375 e. The van der Waals surface area contributed by atoms with Crippen molar-refractivity contribution in [3.05, 3.63) is 11.1 Å². The average Bonchev–Trinajstić information content (AvgIpc) is 2.95. The minimum absolute atomic E-state index is 0.684. The van der Waals surface area contributed by atoms with E-state index in [9.17, 15) is 0 Å². The van der Waals surface area contributed by atoms with Gasteiger partial charge in [-0.05, 0) is 26.9 Å². The van der Waals surface area contributed by atoms with Crippen LogP contribution in [0.25, 0.3) is 0 Å². The van der Waals surface area contributed by atoms with Crippen LogP contribution >= 0.6 is 11.3 Å². The van der Waals surface area contributed by atoms with E-state index in [1.807, 2.05) is 6.20 Å².